The van der Waals surface area contributed by atoms with Gasteiger partial charge in [-0.1, -0.05) is 379 Å². The second kappa shape index (κ2) is 63.4. The summed E-state index contributed by atoms with van der Waals surface area (Å²) in [4.78, 5) is 12.5. The van der Waals surface area contributed by atoms with Gasteiger partial charge in [-0.15, -0.1) is 0 Å². The first-order chi connectivity index (χ1) is 35.2. The van der Waals surface area contributed by atoms with Crippen molar-refractivity contribution in [1.82, 2.24) is 5.32 Å². The molecular weight excluding hydrogens is 867 g/mol. The number of hydrogen-bond acceptors (Lipinski definition) is 3. The van der Waals surface area contributed by atoms with E-state index < -0.39 is 12.1 Å². The van der Waals surface area contributed by atoms with Gasteiger partial charge in [-0.05, 0) is 19.3 Å². The van der Waals surface area contributed by atoms with E-state index in [1.807, 2.05) is 6.08 Å². The minimum absolute atomic E-state index is 0.0543. The van der Waals surface area contributed by atoms with Crippen LogP contribution in [0, 0.1) is 0 Å². The first-order valence-electron chi connectivity index (χ1n) is 33.4. The van der Waals surface area contributed by atoms with Crippen LogP contribution >= 0.6 is 0 Å². The van der Waals surface area contributed by atoms with Crippen LogP contribution in [0.1, 0.15) is 393 Å². The lowest BCUT2D eigenvalue weighted by Crippen LogP contribution is -2.45. The lowest BCUT2D eigenvalue weighted by Gasteiger charge is -2.20. The molecule has 0 spiro atoms. The molecule has 424 valence electrons. The topological polar surface area (TPSA) is 69.6 Å². The number of hydrogen-bond donors (Lipinski definition) is 3. The van der Waals surface area contributed by atoms with Gasteiger partial charge in [-0.25, -0.2) is 0 Å². The highest BCUT2D eigenvalue weighted by Gasteiger charge is 2.18. The Bertz CT molecular complexity index is 998. The van der Waals surface area contributed by atoms with Gasteiger partial charge in [-0.3, -0.25) is 4.79 Å². The zero-order chi connectivity index (χ0) is 51.3. The van der Waals surface area contributed by atoms with Crippen LogP contribution in [0.2, 0.25) is 0 Å². The van der Waals surface area contributed by atoms with Gasteiger partial charge < -0.3 is 15.5 Å². The van der Waals surface area contributed by atoms with Crippen LogP contribution in [0.3, 0.4) is 0 Å². The number of unbranched alkanes of at least 4 members (excludes halogenated alkanes) is 56. The minimum atomic E-state index is -0.836. The molecule has 0 aliphatic carbocycles. The standard InChI is InChI=1S/C67H133NO3/c1-3-5-7-9-11-13-15-17-19-21-23-24-25-26-27-28-29-30-31-32-33-34-35-36-37-38-39-40-41-42-43-45-47-49-51-53-55-57-59-61-63-67(71)68-65(64-69)66(70)62-60-58-56-54-52-50-48-46-44-22-20-18-16-14-12-10-8-6-4-2/h60,62,65-66,69-70H,3-59,61,63-64H2,1-2H3,(H,68,71)/b62-60+. The summed E-state index contributed by atoms with van der Waals surface area (Å²) in [5, 5.41) is 23.2. The summed E-state index contributed by atoms with van der Waals surface area (Å²) in [5.74, 6) is -0.0543. The smallest absolute Gasteiger partial charge is 0.220 e. The highest BCUT2D eigenvalue weighted by atomic mass is 16.3. The van der Waals surface area contributed by atoms with Gasteiger partial charge in [0.05, 0.1) is 18.8 Å². The van der Waals surface area contributed by atoms with Crippen molar-refractivity contribution in [3.8, 4) is 0 Å². The molecular formula is C67H133NO3. The van der Waals surface area contributed by atoms with Gasteiger partial charge in [0.25, 0.3) is 0 Å². The maximum atomic E-state index is 12.5. The van der Waals surface area contributed by atoms with Crippen molar-refractivity contribution in [2.24, 2.45) is 0 Å². The van der Waals surface area contributed by atoms with Crippen molar-refractivity contribution < 1.29 is 15.0 Å². The third-order valence-electron chi connectivity index (χ3n) is 16.0. The molecule has 0 bridgehead atoms. The normalized spacial score (nSPS) is 12.7. The lowest BCUT2D eigenvalue weighted by molar-refractivity contribution is -0.123. The third kappa shape index (κ3) is 59.9. The molecule has 3 N–H and O–H groups in total. The van der Waals surface area contributed by atoms with E-state index in [0.29, 0.717) is 6.42 Å². The number of allylic oxidation sites excluding steroid dienone is 1. The molecule has 0 aromatic carbocycles. The molecule has 2 atom stereocenters. The summed E-state index contributed by atoms with van der Waals surface area (Å²) < 4.78 is 0. The second-order valence-electron chi connectivity index (χ2n) is 23.3. The lowest BCUT2D eigenvalue weighted by atomic mass is 10.0. The van der Waals surface area contributed by atoms with E-state index in [9.17, 15) is 15.0 Å². The molecule has 0 radical (unpaired) electrons. The second-order valence-corrected chi connectivity index (χ2v) is 23.3. The van der Waals surface area contributed by atoms with E-state index in [1.54, 1.807) is 6.08 Å². The molecule has 0 fully saturated rings. The molecule has 0 heterocycles. The van der Waals surface area contributed by atoms with Crippen molar-refractivity contribution in [2.75, 3.05) is 6.61 Å². The fourth-order valence-corrected chi connectivity index (χ4v) is 11.0. The first kappa shape index (κ1) is 70.1. The van der Waals surface area contributed by atoms with Gasteiger partial charge in [0, 0.05) is 6.42 Å². The number of amides is 1. The molecule has 2 unspecified atom stereocenters. The Morgan fingerprint density at radius 2 is 0.521 bits per heavy atom. The van der Waals surface area contributed by atoms with Crippen LogP contribution in [0.5, 0.6) is 0 Å². The van der Waals surface area contributed by atoms with E-state index in [4.69, 9.17) is 0 Å². The Labute approximate surface area is 447 Å². The summed E-state index contributed by atoms with van der Waals surface area (Å²) in [5.41, 5.74) is 0. The Hall–Kier alpha value is -0.870. The van der Waals surface area contributed by atoms with Crippen molar-refractivity contribution in [3.05, 3.63) is 12.2 Å². The van der Waals surface area contributed by atoms with Gasteiger partial charge >= 0.3 is 0 Å². The van der Waals surface area contributed by atoms with E-state index in [2.05, 4.69) is 19.2 Å². The molecule has 0 aliphatic rings. The number of aliphatic hydroxyl groups is 2. The highest BCUT2D eigenvalue weighted by molar-refractivity contribution is 5.76. The van der Waals surface area contributed by atoms with Gasteiger partial charge in [0.15, 0.2) is 0 Å². The average molecular weight is 1000 g/mol. The molecule has 0 saturated heterocycles. The predicted octanol–water partition coefficient (Wildman–Crippen LogP) is 22.4. The summed E-state index contributed by atoms with van der Waals surface area (Å²) >= 11 is 0. The largest absolute Gasteiger partial charge is 0.394 e. The fourth-order valence-electron chi connectivity index (χ4n) is 11.0. The monoisotopic (exact) mass is 1000 g/mol. The van der Waals surface area contributed by atoms with Crippen molar-refractivity contribution in [1.29, 1.82) is 0 Å². The zero-order valence-corrected chi connectivity index (χ0v) is 49.0. The van der Waals surface area contributed by atoms with Crippen LogP contribution in [0.4, 0.5) is 0 Å². The molecule has 1 amide bonds. The molecule has 0 saturated carbocycles. The molecule has 71 heavy (non-hydrogen) atoms. The van der Waals surface area contributed by atoms with E-state index in [0.717, 1.165) is 25.7 Å². The van der Waals surface area contributed by atoms with Crippen LogP contribution < -0.4 is 5.32 Å². The van der Waals surface area contributed by atoms with Gasteiger partial charge in [0.1, 0.15) is 0 Å². The predicted molar refractivity (Wildman–Crippen MR) is 318 cm³/mol. The van der Waals surface area contributed by atoms with Crippen LogP contribution in [-0.4, -0.2) is 34.9 Å². The highest BCUT2D eigenvalue weighted by Crippen LogP contribution is 2.19. The van der Waals surface area contributed by atoms with Crippen molar-refractivity contribution >= 4 is 5.91 Å². The van der Waals surface area contributed by atoms with E-state index in [-0.39, 0.29) is 12.5 Å². The number of rotatable bonds is 63. The maximum absolute atomic E-state index is 12.5. The maximum Gasteiger partial charge on any atom is 0.220 e. The summed E-state index contributed by atoms with van der Waals surface area (Å²) in [7, 11) is 0. The Morgan fingerprint density at radius 1 is 0.324 bits per heavy atom. The Balaban J connectivity index is 3.35. The van der Waals surface area contributed by atoms with Crippen LogP contribution in [-0.2, 0) is 4.79 Å². The first-order valence-corrected chi connectivity index (χ1v) is 33.4. The van der Waals surface area contributed by atoms with E-state index in [1.165, 1.54) is 347 Å². The quantitative estimate of drug-likeness (QED) is 0.0420. The van der Waals surface area contributed by atoms with Gasteiger partial charge in [0.2, 0.25) is 5.91 Å². The molecule has 0 aromatic rings. The average Bonchev–Trinajstić information content (AvgIpc) is 3.37. The number of aliphatic hydroxyl groups excluding tert-OH is 2. The molecule has 4 nitrogen and oxygen atoms in total. The Kier molecular flexibility index (Phi) is 62.6. The third-order valence-corrected chi connectivity index (χ3v) is 16.0. The summed E-state index contributed by atoms with van der Waals surface area (Å²) in [6, 6.07) is -0.619. The summed E-state index contributed by atoms with van der Waals surface area (Å²) in [6.07, 6.45) is 84.4. The van der Waals surface area contributed by atoms with Crippen molar-refractivity contribution in [3.63, 3.8) is 0 Å². The molecule has 4 heteroatoms. The molecule has 0 aliphatic heterocycles. The SMILES string of the molecule is CCCCCCCCCCCCCCCCCCC/C=C/C(O)C(CO)NC(=O)CCCCCCCCCCCCCCCCCCCCCCCCCCCCCCCCCCCCCCCCCC. The fraction of sp³-hybridized carbons (Fsp3) is 0.955. The van der Waals surface area contributed by atoms with Gasteiger partial charge in [-0.2, -0.15) is 0 Å². The van der Waals surface area contributed by atoms with Crippen LogP contribution in [0.15, 0.2) is 12.2 Å². The van der Waals surface area contributed by atoms with Crippen molar-refractivity contribution in [2.45, 2.75) is 405 Å². The Morgan fingerprint density at radius 3 is 0.732 bits per heavy atom. The number of carbonyl (C=O) groups is 1. The van der Waals surface area contributed by atoms with Crippen LogP contribution in [0.25, 0.3) is 0 Å². The zero-order valence-electron chi connectivity index (χ0n) is 49.0. The summed E-state index contributed by atoms with van der Waals surface area (Å²) in [6.45, 7) is 4.36. The molecule has 0 rings (SSSR count). The molecule has 0 aromatic heterocycles. The minimum Gasteiger partial charge on any atom is -0.394 e. The van der Waals surface area contributed by atoms with E-state index >= 15 is 0 Å². The number of nitrogens with one attached hydrogen (secondary N) is 1. The number of carbonyl (C=O) groups excluding carboxylic acids is 1.